The number of amides is 1. The van der Waals surface area contributed by atoms with Gasteiger partial charge in [-0.2, -0.15) is 4.39 Å². The molecular weight excluding hydrogens is 439 g/mol. The monoisotopic (exact) mass is 458 g/mol. The molecule has 1 aromatic heterocycles. The number of rotatable bonds is 6. The number of sulfone groups is 1. The number of halogens is 2. The molecule has 2 aromatic rings. The number of carbonyl (C=O) groups is 2. The lowest BCUT2D eigenvalue weighted by Gasteiger charge is -2.26. The first-order valence-electron chi connectivity index (χ1n) is 9.07. The van der Waals surface area contributed by atoms with E-state index in [-0.39, 0.29) is 32.7 Å². The number of aromatic nitrogens is 1. The van der Waals surface area contributed by atoms with E-state index in [0.717, 1.165) is 23.8 Å². The number of thiazole rings is 1. The van der Waals surface area contributed by atoms with Crippen LogP contribution >= 0.6 is 22.9 Å². The molecule has 1 aliphatic carbocycles. The van der Waals surface area contributed by atoms with Crippen LogP contribution in [0.2, 0.25) is 5.02 Å². The first kappa shape index (κ1) is 21.9. The lowest BCUT2D eigenvalue weighted by atomic mass is 9.80. The van der Waals surface area contributed by atoms with Crippen LogP contribution in [0.5, 0.6) is 0 Å². The SMILES string of the molecule is CS(=O)(=O)c1ccc([C@@H](CC2CCC(=O)CC2)C(=O)Nc2ncc(F)s2)cc1Cl. The first-order chi connectivity index (χ1) is 13.6. The van der Waals surface area contributed by atoms with Crippen LogP contribution in [0.15, 0.2) is 29.3 Å². The standard InChI is InChI=1S/C19H20ClFN2O4S2/c1-29(26,27)16-7-4-12(9-15(16)20)14(8-11-2-5-13(24)6-3-11)18(25)23-19-22-10-17(21)28-19/h4,7,9-11,14H,2-3,5-6,8H2,1H3,(H,22,23,25)/t14-/m1/s1. The molecule has 0 unspecified atom stereocenters. The van der Waals surface area contributed by atoms with Crippen molar-refractivity contribution >= 4 is 49.6 Å². The Labute approximate surface area is 177 Å². The molecule has 0 bridgehead atoms. The van der Waals surface area contributed by atoms with Crippen molar-refractivity contribution in [2.45, 2.75) is 42.9 Å². The molecule has 1 aromatic carbocycles. The van der Waals surface area contributed by atoms with E-state index in [4.69, 9.17) is 11.6 Å². The van der Waals surface area contributed by atoms with Crippen molar-refractivity contribution in [3.05, 3.63) is 40.1 Å². The van der Waals surface area contributed by atoms with Crippen molar-refractivity contribution < 1.29 is 22.4 Å². The van der Waals surface area contributed by atoms with E-state index < -0.39 is 20.9 Å². The predicted molar refractivity (Wildman–Crippen MR) is 110 cm³/mol. The van der Waals surface area contributed by atoms with Gasteiger partial charge in [-0.1, -0.05) is 29.0 Å². The predicted octanol–water partition coefficient (Wildman–Crippen LogP) is 4.21. The molecule has 29 heavy (non-hydrogen) atoms. The van der Waals surface area contributed by atoms with E-state index in [0.29, 0.717) is 37.7 Å². The Hall–Kier alpha value is -1.84. The van der Waals surface area contributed by atoms with Crippen molar-refractivity contribution in [1.29, 1.82) is 0 Å². The molecule has 1 fully saturated rings. The van der Waals surface area contributed by atoms with Gasteiger partial charge >= 0.3 is 0 Å². The van der Waals surface area contributed by atoms with E-state index in [9.17, 15) is 22.4 Å². The molecule has 10 heteroatoms. The van der Waals surface area contributed by atoms with Crippen LogP contribution in [0.1, 0.15) is 43.6 Å². The molecule has 0 saturated heterocycles. The zero-order valence-electron chi connectivity index (χ0n) is 15.7. The maximum atomic E-state index is 13.2. The van der Waals surface area contributed by atoms with Crippen molar-refractivity contribution in [3.8, 4) is 0 Å². The third kappa shape index (κ3) is 5.61. The van der Waals surface area contributed by atoms with E-state index in [1.807, 2.05) is 0 Å². The third-order valence-corrected chi connectivity index (χ3v) is 7.29. The van der Waals surface area contributed by atoms with E-state index in [1.165, 1.54) is 12.1 Å². The van der Waals surface area contributed by atoms with Gasteiger partial charge in [-0.15, -0.1) is 0 Å². The molecule has 6 nitrogen and oxygen atoms in total. The molecular formula is C19H20ClFN2O4S2. The van der Waals surface area contributed by atoms with Crippen molar-refractivity contribution in [2.75, 3.05) is 11.6 Å². The van der Waals surface area contributed by atoms with Crippen molar-refractivity contribution in [3.63, 3.8) is 0 Å². The van der Waals surface area contributed by atoms with Crippen molar-refractivity contribution in [1.82, 2.24) is 4.98 Å². The largest absolute Gasteiger partial charge is 0.301 e. The molecule has 0 radical (unpaired) electrons. The Balaban J connectivity index is 1.88. The summed E-state index contributed by atoms with van der Waals surface area (Å²) in [6.07, 6.45) is 4.94. The van der Waals surface area contributed by atoms with Crippen LogP contribution in [-0.4, -0.2) is 31.3 Å². The molecule has 156 valence electrons. The zero-order chi connectivity index (χ0) is 21.2. The van der Waals surface area contributed by atoms with Crippen LogP contribution in [0.25, 0.3) is 0 Å². The minimum absolute atomic E-state index is 0.00710. The van der Waals surface area contributed by atoms with E-state index in [2.05, 4.69) is 10.3 Å². The number of benzene rings is 1. The second-order valence-corrected chi connectivity index (χ2v) is 10.6. The summed E-state index contributed by atoms with van der Waals surface area (Å²) in [5.74, 6) is -0.614. The van der Waals surface area contributed by atoms with E-state index >= 15 is 0 Å². The number of nitrogens with zero attached hydrogens (tertiary/aromatic N) is 1. The number of ketones is 1. The average molecular weight is 459 g/mol. The summed E-state index contributed by atoms with van der Waals surface area (Å²) in [6.45, 7) is 0. The summed E-state index contributed by atoms with van der Waals surface area (Å²) < 4.78 is 36.9. The highest BCUT2D eigenvalue weighted by Gasteiger charge is 2.29. The Morgan fingerprint density at radius 3 is 2.62 bits per heavy atom. The van der Waals surface area contributed by atoms with Gasteiger partial charge in [0.1, 0.15) is 5.78 Å². The highest BCUT2D eigenvalue weighted by molar-refractivity contribution is 7.90. The summed E-state index contributed by atoms with van der Waals surface area (Å²) in [4.78, 5) is 28.3. The van der Waals surface area contributed by atoms with Gasteiger partial charge in [0.05, 0.1) is 22.0 Å². The average Bonchev–Trinajstić information content (AvgIpc) is 3.04. The Morgan fingerprint density at radius 2 is 2.07 bits per heavy atom. The van der Waals surface area contributed by atoms with Crippen LogP contribution in [0.3, 0.4) is 0 Å². The van der Waals surface area contributed by atoms with Gasteiger partial charge in [-0.05, 0) is 42.9 Å². The zero-order valence-corrected chi connectivity index (χ0v) is 18.0. The molecule has 3 rings (SSSR count). The van der Waals surface area contributed by atoms with Crippen molar-refractivity contribution in [2.24, 2.45) is 5.92 Å². The topological polar surface area (TPSA) is 93.2 Å². The molecule has 0 aliphatic heterocycles. The molecule has 1 amide bonds. The number of nitrogens with one attached hydrogen (secondary N) is 1. The molecule has 0 spiro atoms. The van der Waals surface area contributed by atoms with Gasteiger partial charge in [0.2, 0.25) is 5.91 Å². The van der Waals surface area contributed by atoms with Crippen LogP contribution in [-0.2, 0) is 19.4 Å². The maximum absolute atomic E-state index is 13.2. The second-order valence-electron chi connectivity index (χ2n) is 7.19. The summed E-state index contributed by atoms with van der Waals surface area (Å²) in [7, 11) is -3.50. The fourth-order valence-electron chi connectivity index (χ4n) is 3.50. The van der Waals surface area contributed by atoms with Crippen LogP contribution in [0, 0.1) is 11.0 Å². The van der Waals surface area contributed by atoms with Gasteiger partial charge in [-0.3, -0.25) is 9.59 Å². The minimum Gasteiger partial charge on any atom is -0.301 e. The molecule has 1 saturated carbocycles. The number of anilines is 1. The lowest BCUT2D eigenvalue weighted by molar-refractivity contribution is -0.121. The number of hydrogen-bond donors (Lipinski definition) is 1. The number of carbonyl (C=O) groups excluding carboxylic acids is 2. The van der Waals surface area contributed by atoms with Gasteiger partial charge in [-0.25, -0.2) is 13.4 Å². The summed E-state index contributed by atoms with van der Waals surface area (Å²) in [5.41, 5.74) is 0.564. The van der Waals surface area contributed by atoms with Gasteiger partial charge < -0.3 is 5.32 Å². The lowest BCUT2D eigenvalue weighted by Crippen LogP contribution is -2.25. The smallest absolute Gasteiger partial charge is 0.233 e. The fraction of sp³-hybridized carbons (Fsp3) is 0.421. The number of Topliss-reactive ketones (excluding diaryl/α,β-unsaturated/α-hetero) is 1. The normalized spacial score (nSPS) is 16.6. The Bertz CT molecular complexity index is 1030. The molecule has 1 aliphatic rings. The third-order valence-electron chi connectivity index (χ3n) is 5.01. The quantitative estimate of drug-likeness (QED) is 0.699. The van der Waals surface area contributed by atoms with E-state index in [1.54, 1.807) is 6.07 Å². The number of hydrogen-bond acceptors (Lipinski definition) is 6. The fourth-order valence-corrected chi connectivity index (χ4v) is 5.39. The minimum atomic E-state index is -3.50. The Kier molecular flexibility index (Phi) is 6.70. The van der Waals surface area contributed by atoms with Crippen LogP contribution < -0.4 is 5.32 Å². The molecule has 1 atom stereocenters. The van der Waals surface area contributed by atoms with Crippen LogP contribution in [0.4, 0.5) is 9.52 Å². The van der Waals surface area contributed by atoms with Gasteiger partial charge in [0.25, 0.3) is 0 Å². The molecule has 1 N–H and O–H groups in total. The van der Waals surface area contributed by atoms with Gasteiger partial charge in [0, 0.05) is 19.1 Å². The summed E-state index contributed by atoms with van der Waals surface area (Å²) in [5, 5.41) is 2.31. The maximum Gasteiger partial charge on any atom is 0.233 e. The highest BCUT2D eigenvalue weighted by Crippen LogP contribution is 2.35. The summed E-state index contributed by atoms with van der Waals surface area (Å²) in [6, 6.07) is 4.45. The summed E-state index contributed by atoms with van der Waals surface area (Å²) >= 11 is 6.90. The molecule has 1 heterocycles. The second kappa shape index (κ2) is 8.89. The van der Waals surface area contributed by atoms with Gasteiger partial charge in [0.15, 0.2) is 20.1 Å². The Morgan fingerprint density at radius 1 is 1.38 bits per heavy atom. The highest BCUT2D eigenvalue weighted by atomic mass is 35.5. The first-order valence-corrected chi connectivity index (χ1v) is 12.2.